The molecular weight excluding hydrogens is 274 g/mol. The molecule has 0 saturated carbocycles. The van der Waals surface area contributed by atoms with E-state index in [1.165, 1.54) is 16.0 Å². The van der Waals surface area contributed by atoms with Gasteiger partial charge in [-0.3, -0.25) is 0 Å². The van der Waals surface area contributed by atoms with Gasteiger partial charge in [-0.1, -0.05) is 41.1 Å². The fourth-order valence-corrected chi connectivity index (χ4v) is 3.47. The Hall–Kier alpha value is -1.17. The number of fused-ring (bicyclic) bond motifs is 1. The van der Waals surface area contributed by atoms with Crippen molar-refractivity contribution in [1.29, 1.82) is 0 Å². The average molecular weight is 282 g/mol. The van der Waals surface area contributed by atoms with Crippen LogP contribution in [0.2, 0.25) is 5.02 Å². The van der Waals surface area contributed by atoms with E-state index in [0.717, 1.165) is 20.4 Å². The third-order valence-electron chi connectivity index (χ3n) is 2.36. The minimum Gasteiger partial charge on any atom is -0.355 e. The summed E-state index contributed by atoms with van der Waals surface area (Å²) >= 11 is 9.53. The molecule has 86 valence electrons. The van der Waals surface area contributed by atoms with Gasteiger partial charge in [0.1, 0.15) is 5.51 Å². The third-order valence-corrected chi connectivity index (χ3v) is 4.73. The second-order valence-electron chi connectivity index (χ2n) is 3.43. The van der Waals surface area contributed by atoms with Gasteiger partial charge in [-0.05, 0) is 6.07 Å². The first-order valence-electron chi connectivity index (χ1n) is 5.00. The van der Waals surface area contributed by atoms with Crippen molar-refractivity contribution in [2.24, 2.45) is 0 Å². The number of hydrogen-bond acceptors (Lipinski definition) is 5. The fraction of sp³-hybridized carbons (Fsp3) is 0.0909. The Bertz CT molecular complexity index is 633. The van der Waals surface area contributed by atoms with Crippen molar-refractivity contribution >= 4 is 49.5 Å². The first-order valence-corrected chi connectivity index (χ1v) is 7.08. The van der Waals surface area contributed by atoms with Crippen LogP contribution in [0.25, 0.3) is 10.1 Å². The summed E-state index contributed by atoms with van der Waals surface area (Å²) in [5.41, 5.74) is 1.70. The van der Waals surface area contributed by atoms with Gasteiger partial charge in [0.05, 0.1) is 11.6 Å². The lowest BCUT2D eigenvalue weighted by atomic mass is 10.2. The molecule has 0 spiro atoms. The molecule has 0 saturated heterocycles. The molecule has 0 radical (unpaired) electrons. The topological polar surface area (TPSA) is 37.8 Å². The summed E-state index contributed by atoms with van der Waals surface area (Å²) in [6, 6.07) is 8.16. The van der Waals surface area contributed by atoms with Crippen molar-refractivity contribution in [1.82, 2.24) is 10.2 Å². The molecule has 17 heavy (non-hydrogen) atoms. The van der Waals surface area contributed by atoms with Crippen molar-refractivity contribution < 1.29 is 0 Å². The molecule has 0 amide bonds. The Morgan fingerprint density at radius 1 is 1.29 bits per heavy atom. The van der Waals surface area contributed by atoms with E-state index in [0.29, 0.717) is 6.54 Å². The van der Waals surface area contributed by atoms with E-state index in [9.17, 15) is 0 Å². The lowest BCUT2D eigenvalue weighted by Gasteiger charge is -1.99. The van der Waals surface area contributed by atoms with E-state index in [4.69, 9.17) is 11.6 Å². The molecule has 2 aromatic heterocycles. The summed E-state index contributed by atoms with van der Waals surface area (Å²) in [4.78, 5) is 1.13. The smallest absolute Gasteiger partial charge is 0.205 e. The SMILES string of the molecule is Clc1c(CNc2nncs2)sc2ccccc12. The van der Waals surface area contributed by atoms with E-state index < -0.39 is 0 Å². The van der Waals surface area contributed by atoms with Crippen LogP contribution in [0.5, 0.6) is 0 Å². The van der Waals surface area contributed by atoms with E-state index in [-0.39, 0.29) is 0 Å². The first kappa shape index (κ1) is 11.0. The summed E-state index contributed by atoms with van der Waals surface area (Å²) in [7, 11) is 0. The van der Waals surface area contributed by atoms with Crippen LogP contribution in [-0.4, -0.2) is 10.2 Å². The molecule has 1 N–H and O–H groups in total. The predicted molar refractivity (Wildman–Crippen MR) is 74.1 cm³/mol. The lowest BCUT2D eigenvalue weighted by Crippen LogP contribution is -1.97. The molecule has 0 aliphatic carbocycles. The van der Waals surface area contributed by atoms with Gasteiger partial charge in [0.2, 0.25) is 5.13 Å². The largest absolute Gasteiger partial charge is 0.355 e. The number of hydrogen-bond donors (Lipinski definition) is 1. The Kier molecular flexibility index (Phi) is 2.96. The molecule has 0 aliphatic rings. The van der Waals surface area contributed by atoms with Crippen LogP contribution in [0, 0.1) is 0 Å². The monoisotopic (exact) mass is 281 g/mol. The van der Waals surface area contributed by atoms with Crippen LogP contribution in [0.4, 0.5) is 5.13 Å². The van der Waals surface area contributed by atoms with Crippen LogP contribution in [0.15, 0.2) is 29.8 Å². The molecule has 0 atom stereocenters. The van der Waals surface area contributed by atoms with Crippen LogP contribution in [0.3, 0.4) is 0 Å². The van der Waals surface area contributed by atoms with E-state index in [1.807, 2.05) is 18.2 Å². The Morgan fingerprint density at radius 3 is 2.94 bits per heavy atom. The third kappa shape index (κ3) is 2.13. The van der Waals surface area contributed by atoms with Gasteiger partial charge < -0.3 is 5.32 Å². The summed E-state index contributed by atoms with van der Waals surface area (Å²) in [5.74, 6) is 0. The molecule has 3 rings (SSSR count). The normalized spacial score (nSPS) is 10.9. The zero-order chi connectivity index (χ0) is 11.7. The van der Waals surface area contributed by atoms with E-state index >= 15 is 0 Å². The number of nitrogens with one attached hydrogen (secondary N) is 1. The highest BCUT2D eigenvalue weighted by Gasteiger charge is 2.09. The molecule has 0 unspecified atom stereocenters. The maximum atomic E-state index is 6.34. The number of rotatable bonds is 3. The summed E-state index contributed by atoms with van der Waals surface area (Å²) in [6.45, 7) is 0.688. The molecule has 0 bridgehead atoms. The van der Waals surface area contributed by atoms with Crippen molar-refractivity contribution in [3.05, 3.63) is 39.7 Å². The molecular formula is C11H8ClN3S2. The van der Waals surface area contributed by atoms with Crippen molar-refractivity contribution in [2.75, 3.05) is 5.32 Å². The van der Waals surface area contributed by atoms with Gasteiger partial charge in [-0.25, -0.2) is 0 Å². The van der Waals surface area contributed by atoms with Gasteiger partial charge in [-0.2, -0.15) is 0 Å². The Balaban J connectivity index is 1.88. The summed E-state index contributed by atoms with van der Waals surface area (Å²) < 4.78 is 1.21. The van der Waals surface area contributed by atoms with Gasteiger partial charge in [-0.15, -0.1) is 21.5 Å². The number of aromatic nitrogens is 2. The number of halogens is 1. The number of anilines is 1. The van der Waals surface area contributed by atoms with Gasteiger partial charge in [0, 0.05) is 15.0 Å². The second-order valence-corrected chi connectivity index (χ2v) is 5.78. The van der Waals surface area contributed by atoms with Crippen molar-refractivity contribution in [3.63, 3.8) is 0 Å². The summed E-state index contributed by atoms with van der Waals surface area (Å²) in [5, 5.41) is 13.7. The van der Waals surface area contributed by atoms with Gasteiger partial charge in [0.25, 0.3) is 0 Å². The minimum atomic E-state index is 0.688. The van der Waals surface area contributed by atoms with E-state index in [2.05, 4.69) is 21.6 Å². The first-order chi connectivity index (χ1) is 8.34. The van der Waals surface area contributed by atoms with Crippen molar-refractivity contribution in [2.45, 2.75) is 6.54 Å². The van der Waals surface area contributed by atoms with Crippen LogP contribution in [-0.2, 0) is 6.54 Å². The van der Waals surface area contributed by atoms with E-state index in [1.54, 1.807) is 16.8 Å². The Labute approximate surface area is 111 Å². The predicted octanol–water partition coefficient (Wildman–Crippen LogP) is 4.02. The summed E-state index contributed by atoms with van der Waals surface area (Å²) in [6.07, 6.45) is 0. The maximum Gasteiger partial charge on any atom is 0.205 e. The number of nitrogens with zero attached hydrogens (tertiary/aromatic N) is 2. The number of thiophene rings is 1. The van der Waals surface area contributed by atoms with Crippen LogP contribution >= 0.6 is 34.3 Å². The highest BCUT2D eigenvalue weighted by atomic mass is 35.5. The molecule has 3 aromatic rings. The zero-order valence-electron chi connectivity index (χ0n) is 8.68. The lowest BCUT2D eigenvalue weighted by molar-refractivity contribution is 1.06. The quantitative estimate of drug-likeness (QED) is 0.788. The molecule has 2 heterocycles. The molecule has 1 aromatic carbocycles. The zero-order valence-corrected chi connectivity index (χ0v) is 11.1. The minimum absolute atomic E-state index is 0.688. The highest BCUT2D eigenvalue weighted by Crippen LogP contribution is 2.35. The molecule has 0 fully saturated rings. The average Bonchev–Trinajstić information content (AvgIpc) is 2.96. The number of benzene rings is 1. The molecule has 0 aliphatic heterocycles. The maximum absolute atomic E-state index is 6.34. The van der Waals surface area contributed by atoms with Gasteiger partial charge >= 0.3 is 0 Å². The van der Waals surface area contributed by atoms with Crippen molar-refractivity contribution in [3.8, 4) is 0 Å². The van der Waals surface area contributed by atoms with Gasteiger partial charge in [0.15, 0.2) is 0 Å². The van der Waals surface area contributed by atoms with Crippen LogP contribution in [0.1, 0.15) is 4.88 Å². The molecule has 6 heteroatoms. The Morgan fingerprint density at radius 2 is 2.18 bits per heavy atom. The standard InChI is InChI=1S/C11H8ClN3S2/c12-10-7-3-1-2-4-8(7)17-9(10)5-13-11-15-14-6-16-11/h1-4,6H,5H2,(H,13,15). The highest BCUT2D eigenvalue weighted by molar-refractivity contribution is 7.19. The second kappa shape index (κ2) is 4.60. The van der Waals surface area contributed by atoms with Crippen LogP contribution < -0.4 is 5.32 Å². The fourth-order valence-electron chi connectivity index (χ4n) is 1.58. The molecule has 3 nitrogen and oxygen atoms in total.